The Kier molecular flexibility index (Phi) is 6.44. The van der Waals surface area contributed by atoms with Crippen LogP contribution in [-0.4, -0.2) is 54.8 Å². The van der Waals surface area contributed by atoms with Gasteiger partial charge in [-0.15, -0.1) is 0 Å². The Hall–Kier alpha value is -2.70. The monoisotopic (exact) mass is 380 g/mol. The number of carbonyl (C=O) groups excluding carboxylic acids is 2. The van der Waals surface area contributed by atoms with E-state index in [2.05, 4.69) is 17.3 Å². The summed E-state index contributed by atoms with van der Waals surface area (Å²) in [6.45, 7) is 5.07. The van der Waals surface area contributed by atoms with Crippen molar-refractivity contribution in [3.05, 3.63) is 65.7 Å². The maximum atomic E-state index is 12.6. The number of hydrogen-bond donors (Lipinski definition) is 2. The van der Waals surface area contributed by atoms with Gasteiger partial charge >= 0.3 is 0 Å². The molecule has 0 aromatic heterocycles. The average Bonchev–Trinajstić information content (AvgIpc) is 2.74. The molecule has 1 aliphatic heterocycles. The molecule has 0 spiro atoms. The van der Waals surface area contributed by atoms with Crippen molar-refractivity contribution in [2.45, 2.75) is 13.0 Å². The zero-order valence-electron chi connectivity index (χ0n) is 16.5. The first kappa shape index (κ1) is 20.0. The summed E-state index contributed by atoms with van der Waals surface area (Å²) in [6.07, 6.45) is 0. The van der Waals surface area contributed by atoms with Gasteiger partial charge in [-0.2, -0.15) is 0 Å². The molecule has 3 N–H and O–H groups in total. The molecule has 3 rings (SSSR count). The first-order chi connectivity index (χ1) is 13.5. The fourth-order valence-electron chi connectivity index (χ4n) is 3.27. The number of nitrogens with two attached hydrogens (primary N) is 1. The molecule has 148 valence electrons. The largest absolute Gasteiger partial charge is 0.336 e. The number of amides is 2. The molecule has 1 saturated heterocycles. The number of benzene rings is 2. The fraction of sp³-hybridized carbons (Fsp3) is 0.364. The number of piperazine rings is 1. The van der Waals surface area contributed by atoms with Crippen molar-refractivity contribution in [1.82, 2.24) is 9.80 Å². The third-order valence-electron chi connectivity index (χ3n) is 5.33. The van der Waals surface area contributed by atoms with Crippen LogP contribution in [0.3, 0.4) is 0 Å². The first-order valence-electron chi connectivity index (χ1n) is 9.65. The Morgan fingerprint density at radius 1 is 0.964 bits per heavy atom. The minimum Gasteiger partial charge on any atom is -0.336 e. The number of rotatable bonds is 5. The molecular formula is C22H28N4O2. The number of carbonyl (C=O) groups is 2. The maximum absolute atomic E-state index is 12.6. The van der Waals surface area contributed by atoms with E-state index in [1.807, 2.05) is 42.2 Å². The van der Waals surface area contributed by atoms with Gasteiger partial charge in [-0.25, -0.2) is 0 Å². The molecule has 0 aliphatic carbocycles. The second-order valence-corrected chi connectivity index (χ2v) is 7.39. The van der Waals surface area contributed by atoms with Gasteiger partial charge in [0.15, 0.2) is 0 Å². The van der Waals surface area contributed by atoms with E-state index in [1.165, 1.54) is 0 Å². The van der Waals surface area contributed by atoms with Crippen molar-refractivity contribution in [3.8, 4) is 0 Å². The van der Waals surface area contributed by atoms with Gasteiger partial charge in [-0.3, -0.25) is 9.59 Å². The Labute approximate surface area is 166 Å². The highest BCUT2D eigenvalue weighted by molar-refractivity contribution is 5.96. The molecule has 2 unspecified atom stereocenters. The van der Waals surface area contributed by atoms with Crippen LogP contribution in [0.2, 0.25) is 0 Å². The Balaban J connectivity index is 1.59. The zero-order valence-corrected chi connectivity index (χ0v) is 16.5. The predicted octanol–water partition coefficient (Wildman–Crippen LogP) is 2.35. The molecule has 1 heterocycles. The third-order valence-corrected chi connectivity index (χ3v) is 5.33. The molecule has 1 fully saturated rings. The summed E-state index contributed by atoms with van der Waals surface area (Å²) >= 11 is 0. The van der Waals surface area contributed by atoms with Crippen LogP contribution in [-0.2, 0) is 4.79 Å². The zero-order chi connectivity index (χ0) is 20.1. The summed E-state index contributed by atoms with van der Waals surface area (Å²) in [7, 11) is 2.06. The number of nitrogens with zero attached hydrogens (tertiary/aromatic N) is 2. The molecule has 2 aromatic rings. The van der Waals surface area contributed by atoms with Gasteiger partial charge in [0.05, 0.1) is 5.92 Å². The minimum absolute atomic E-state index is 0.0328. The van der Waals surface area contributed by atoms with Crippen molar-refractivity contribution < 1.29 is 9.59 Å². The lowest BCUT2D eigenvalue weighted by Crippen LogP contribution is -2.47. The van der Waals surface area contributed by atoms with E-state index in [0.29, 0.717) is 11.3 Å². The number of nitrogens with one attached hydrogen (secondary N) is 1. The molecule has 0 radical (unpaired) electrons. The Morgan fingerprint density at radius 2 is 1.57 bits per heavy atom. The van der Waals surface area contributed by atoms with Gasteiger partial charge in [0.2, 0.25) is 5.91 Å². The van der Waals surface area contributed by atoms with E-state index in [-0.39, 0.29) is 23.8 Å². The molecule has 6 nitrogen and oxygen atoms in total. The van der Waals surface area contributed by atoms with Crippen molar-refractivity contribution in [2.24, 2.45) is 11.7 Å². The van der Waals surface area contributed by atoms with Crippen LogP contribution in [0.5, 0.6) is 0 Å². The lowest BCUT2D eigenvalue weighted by Gasteiger charge is -2.32. The van der Waals surface area contributed by atoms with Crippen molar-refractivity contribution >= 4 is 17.5 Å². The van der Waals surface area contributed by atoms with Crippen molar-refractivity contribution in [2.75, 3.05) is 38.5 Å². The summed E-state index contributed by atoms with van der Waals surface area (Å²) < 4.78 is 0. The van der Waals surface area contributed by atoms with Crippen LogP contribution in [0, 0.1) is 5.92 Å². The molecule has 2 atom stereocenters. The number of likely N-dealkylation sites (N-methyl/N-ethyl adjacent to an activating group) is 1. The van der Waals surface area contributed by atoms with E-state index < -0.39 is 0 Å². The second kappa shape index (κ2) is 8.99. The summed E-state index contributed by atoms with van der Waals surface area (Å²) in [5.41, 5.74) is 8.46. The van der Waals surface area contributed by atoms with Crippen LogP contribution in [0.1, 0.15) is 28.9 Å². The normalized spacial score (nSPS) is 17.0. The van der Waals surface area contributed by atoms with Gasteiger partial charge in [0.25, 0.3) is 5.91 Å². The average molecular weight is 380 g/mol. The van der Waals surface area contributed by atoms with E-state index >= 15 is 0 Å². The quantitative estimate of drug-likeness (QED) is 0.835. The second-order valence-electron chi connectivity index (χ2n) is 7.39. The van der Waals surface area contributed by atoms with Crippen LogP contribution < -0.4 is 11.1 Å². The summed E-state index contributed by atoms with van der Waals surface area (Å²) in [4.78, 5) is 29.2. The topological polar surface area (TPSA) is 78.7 Å². The third kappa shape index (κ3) is 4.77. The molecule has 0 saturated carbocycles. The summed E-state index contributed by atoms with van der Waals surface area (Å²) in [5, 5.41) is 2.89. The number of anilines is 1. The lowest BCUT2D eigenvalue weighted by molar-refractivity contribution is -0.120. The van der Waals surface area contributed by atoms with Gasteiger partial charge in [0, 0.05) is 43.5 Å². The number of hydrogen-bond acceptors (Lipinski definition) is 4. The Bertz CT molecular complexity index is 799. The molecule has 0 bridgehead atoms. The molecule has 1 aliphatic rings. The molecular weight excluding hydrogens is 352 g/mol. The molecule has 2 aromatic carbocycles. The van der Waals surface area contributed by atoms with Crippen molar-refractivity contribution in [1.29, 1.82) is 0 Å². The van der Waals surface area contributed by atoms with Gasteiger partial charge in [-0.1, -0.05) is 37.3 Å². The highest BCUT2D eigenvalue weighted by Gasteiger charge is 2.23. The molecule has 2 amide bonds. The highest BCUT2D eigenvalue weighted by Crippen LogP contribution is 2.21. The van der Waals surface area contributed by atoms with Crippen LogP contribution >= 0.6 is 0 Å². The van der Waals surface area contributed by atoms with Crippen LogP contribution in [0.15, 0.2) is 54.6 Å². The Morgan fingerprint density at radius 3 is 2.18 bits per heavy atom. The van der Waals surface area contributed by atoms with E-state index in [1.54, 1.807) is 24.3 Å². The SMILES string of the molecule is CC(C(=O)Nc1ccc(C(=O)N2CCN(C)CC2)cc1)C(N)c1ccccc1. The smallest absolute Gasteiger partial charge is 0.253 e. The van der Waals surface area contributed by atoms with Gasteiger partial charge in [0.1, 0.15) is 0 Å². The minimum atomic E-state index is -0.381. The lowest BCUT2D eigenvalue weighted by atomic mass is 9.94. The first-order valence-corrected chi connectivity index (χ1v) is 9.65. The van der Waals surface area contributed by atoms with E-state index in [9.17, 15) is 9.59 Å². The predicted molar refractivity (Wildman–Crippen MR) is 111 cm³/mol. The molecule has 6 heteroatoms. The van der Waals surface area contributed by atoms with Crippen LogP contribution in [0.25, 0.3) is 0 Å². The van der Waals surface area contributed by atoms with Gasteiger partial charge in [-0.05, 0) is 36.9 Å². The van der Waals surface area contributed by atoms with Crippen molar-refractivity contribution in [3.63, 3.8) is 0 Å². The maximum Gasteiger partial charge on any atom is 0.253 e. The highest BCUT2D eigenvalue weighted by atomic mass is 16.2. The fourth-order valence-corrected chi connectivity index (χ4v) is 3.27. The van der Waals surface area contributed by atoms with E-state index in [0.717, 1.165) is 31.7 Å². The van der Waals surface area contributed by atoms with Crippen LogP contribution in [0.4, 0.5) is 5.69 Å². The summed E-state index contributed by atoms with van der Waals surface area (Å²) in [6, 6.07) is 16.3. The summed E-state index contributed by atoms with van der Waals surface area (Å²) in [5.74, 6) is -0.492. The van der Waals surface area contributed by atoms with Gasteiger partial charge < -0.3 is 20.9 Å². The molecule has 28 heavy (non-hydrogen) atoms. The van der Waals surface area contributed by atoms with E-state index in [4.69, 9.17) is 5.73 Å². The standard InChI is InChI=1S/C22H28N4O2/c1-16(20(23)17-6-4-3-5-7-17)21(27)24-19-10-8-18(9-11-19)22(28)26-14-12-25(2)13-15-26/h3-11,16,20H,12-15,23H2,1-2H3,(H,24,27).